The zero-order chi connectivity index (χ0) is 19.6. The number of aliphatic carboxylic acids is 1. The summed E-state index contributed by atoms with van der Waals surface area (Å²) in [5.41, 5.74) is -0.628. The summed E-state index contributed by atoms with van der Waals surface area (Å²) in [6.45, 7) is 0. The second-order valence-corrected chi connectivity index (χ2v) is 5.73. The molecule has 1 heterocycles. The normalized spacial score (nSPS) is 20.4. The van der Waals surface area contributed by atoms with E-state index in [4.69, 9.17) is 9.84 Å². The average molecular weight is 366 g/mol. The van der Waals surface area contributed by atoms with Crippen LogP contribution in [0.2, 0.25) is 0 Å². The van der Waals surface area contributed by atoms with Gasteiger partial charge < -0.3 is 20.1 Å². The SMILES string of the molecule is O=C(O)C(=O)/C(C(=O)c1ccccc1)=C1\OC(O)(c2ccccc2)C=C1O. The predicted molar refractivity (Wildman–Crippen MR) is 92.6 cm³/mol. The number of carbonyl (C=O) groups excluding carboxylic acids is 2. The molecule has 1 aliphatic heterocycles. The Balaban J connectivity index is 2.13. The van der Waals surface area contributed by atoms with Gasteiger partial charge in [0.15, 0.2) is 11.5 Å². The molecule has 0 amide bonds. The summed E-state index contributed by atoms with van der Waals surface area (Å²) >= 11 is 0. The highest BCUT2D eigenvalue weighted by Gasteiger charge is 2.43. The van der Waals surface area contributed by atoms with Crippen LogP contribution in [0, 0.1) is 0 Å². The molecule has 1 atom stereocenters. The molecule has 0 spiro atoms. The first-order valence-electron chi connectivity index (χ1n) is 7.84. The molecule has 7 nitrogen and oxygen atoms in total. The number of carboxylic acids is 1. The Morgan fingerprint density at radius 3 is 2.00 bits per heavy atom. The van der Waals surface area contributed by atoms with Crippen molar-refractivity contribution < 1.29 is 34.4 Å². The van der Waals surface area contributed by atoms with E-state index in [1.807, 2.05) is 0 Å². The van der Waals surface area contributed by atoms with Crippen LogP contribution in [0.3, 0.4) is 0 Å². The molecule has 0 aliphatic carbocycles. The van der Waals surface area contributed by atoms with Crippen LogP contribution in [0.4, 0.5) is 0 Å². The molecule has 0 fully saturated rings. The first-order valence-corrected chi connectivity index (χ1v) is 7.84. The van der Waals surface area contributed by atoms with Gasteiger partial charge in [-0.3, -0.25) is 9.59 Å². The predicted octanol–water partition coefficient (Wildman–Crippen LogP) is 2.09. The Hall–Kier alpha value is -3.71. The van der Waals surface area contributed by atoms with Crippen LogP contribution in [0.1, 0.15) is 15.9 Å². The van der Waals surface area contributed by atoms with E-state index in [1.54, 1.807) is 24.3 Å². The lowest BCUT2D eigenvalue weighted by Gasteiger charge is -2.21. The van der Waals surface area contributed by atoms with E-state index >= 15 is 0 Å². The van der Waals surface area contributed by atoms with E-state index < -0.39 is 40.4 Å². The van der Waals surface area contributed by atoms with Crippen molar-refractivity contribution in [2.45, 2.75) is 5.79 Å². The van der Waals surface area contributed by atoms with Gasteiger partial charge in [-0.25, -0.2) is 4.79 Å². The molecular weight excluding hydrogens is 352 g/mol. The van der Waals surface area contributed by atoms with Gasteiger partial charge in [-0.15, -0.1) is 0 Å². The number of ether oxygens (including phenoxy) is 1. The lowest BCUT2D eigenvalue weighted by atomic mass is 9.98. The molecule has 0 saturated carbocycles. The van der Waals surface area contributed by atoms with Crippen molar-refractivity contribution in [1.82, 2.24) is 0 Å². The molecule has 2 aromatic carbocycles. The fourth-order valence-corrected chi connectivity index (χ4v) is 2.64. The third-order valence-electron chi connectivity index (χ3n) is 3.92. The van der Waals surface area contributed by atoms with Crippen LogP contribution in [0.5, 0.6) is 0 Å². The second-order valence-electron chi connectivity index (χ2n) is 5.73. The summed E-state index contributed by atoms with van der Waals surface area (Å²) in [6, 6.07) is 15.4. The van der Waals surface area contributed by atoms with E-state index in [2.05, 4.69) is 0 Å². The Kier molecular flexibility index (Phi) is 4.62. The zero-order valence-electron chi connectivity index (χ0n) is 13.8. The molecule has 0 bridgehead atoms. The minimum atomic E-state index is -2.15. The molecule has 2 aromatic rings. The standard InChI is InChI=1S/C20H14O7/c21-14-11-20(26,13-9-5-2-6-10-13)27-18(14)15(17(23)19(24)25)16(22)12-7-3-1-4-8-12/h1-11,21,26H,(H,24,25)/b18-15-. The number of hydrogen-bond donors (Lipinski definition) is 3. The Morgan fingerprint density at radius 1 is 0.889 bits per heavy atom. The van der Waals surface area contributed by atoms with E-state index in [9.17, 15) is 24.6 Å². The maximum atomic E-state index is 12.7. The monoisotopic (exact) mass is 366 g/mol. The number of ketones is 2. The maximum absolute atomic E-state index is 12.7. The molecule has 1 unspecified atom stereocenters. The van der Waals surface area contributed by atoms with Crippen molar-refractivity contribution in [3.63, 3.8) is 0 Å². The summed E-state index contributed by atoms with van der Waals surface area (Å²) in [5.74, 6) is -7.96. The fraction of sp³-hybridized carbons (Fsp3) is 0.0500. The van der Waals surface area contributed by atoms with Crippen LogP contribution < -0.4 is 0 Å². The van der Waals surface area contributed by atoms with Crippen molar-refractivity contribution in [2.24, 2.45) is 0 Å². The molecule has 3 N–H and O–H groups in total. The third-order valence-corrected chi connectivity index (χ3v) is 3.92. The summed E-state index contributed by atoms with van der Waals surface area (Å²) in [6.07, 6.45) is 0.894. The van der Waals surface area contributed by atoms with Gasteiger partial charge in [0, 0.05) is 17.2 Å². The van der Waals surface area contributed by atoms with Gasteiger partial charge in [0.25, 0.3) is 11.6 Å². The van der Waals surface area contributed by atoms with Gasteiger partial charge in [0.1, 0.15) is 5.57 Å². The highest BCUT2D eigenvalue weighted by Crippen LogP contribution is 2.38. The average Bonchev–Trinajstić information content (AvgIpc) is 2.98. The van der Waals surface area contributed by atoms with Crippen molar-refractivity contribution in [3.8, 4) is 0 Å². The van der Waals surface area contributed by atoms with Crippen molar-refractivity contribution in [3.05, 3.63) is 95.0 Å². The topological polar surface area (TPSA) is 121 Å². The Morgan fingerprint density at radius 2 is 1.44 bits per heavy atom. The van der Waals surface area contributed by atoms with Gasteiger partial charge in [0.2, 0.25) is 5.78 Å². The molecule has 0 aromatic heterocycles. The summed E-state index contributed by atoms with van der Waals surface area (Å²) in [5, 5.41) is 30.0. The molecule has 0 saturated heterocycles. The number of aliphatic hydroxyl groups excluding tert-OH is 1. The number of hydrogen-bond acceptors (Lipinski definition) is 6. The minimum absolute atomic E-state index is 0.0288. The van der Waals surface area contributed by atoms with E-state index in [-0.39, 0.29) is 11.1 Å². The van der Waals surface area contributed by atoms with Gasteiger partial charge >= 0.3 is 5.97 Å². The van der Waals surface area contributed by atoms with Crippen molar-refractivity contribution in [1.29, 1.82) is 0 Å². The smallest absolute Gasteiger partial charge is 0.377 e. The van der Waals surface area contributed by atoms with Gasteiger partial charge in [-0.05, 0) is 0 Å². The highest BCUT2D eigenvalue weighted by atomic mass is 16.6. The molecule has 0 radical (unpaired) electrons. The van der Waals surface area contributed by atoms with E-state index in [1.165, 1.54) is 36.4 Å². The zero-order valence-corrected chi connectivity index (χ0v) is 13.8. The number of carboxylic acid groups (broad SMARTS) is 1. The third kappa shape index (κ3) is 3.36. The highest BCUT2D eigenvalue weighted by molar-refractivity contribution is 6.48. The van der Waals surface area contributed by atoms with Crippen molar-refractivity contribution >= 4 is 17.5 Å². The lowest BCUT2D eigenvalue weighted by Crippen LogP contribution is -2.26. The number of carbonyl (C=O) groups is 3. The first kappa shape index (κ1) is 18.1. The number of benzene rings is 2. The molecule has 27 heavy (non-hydrogen) atoms. The minimum Gasteiger partial charge on any atom is -0.504 e. The molecule has 136 valence electrons. The number of aliphatic hydroxyl groups is 2. The maximum Gasteiger partial charge on any atom is 0.377 e. The summed E-state index contributed by atoms with van der Waals surface area (Å²) < 4.78 is 5.31. The fourth-order valence-electron chi connectivity index (χ4n) is 2.64. The number of Topliss-reactive ketones (excluding diaryl/α,β-unsaturated/α-hetero) is 2. The van der Waals surface area contributed by atoms with Gasteiger partial charge in [-0.2, -0.15) is 0 Å². The molecule has 7 heteroatoms. The van der Waals surface area contributed by atoms with Crippen molar-refractivity contribution in [2.75, 3.05) is 0 Å². The van der Waals surface area contributed by atoms with Crippen LogP contribution in [-0.4, -0.2) is 32.9 Å². The lowest BCUT2D eigenvalue weighted by molar-refractivity contribution is -0.148. The van der Waals surface area contributed by atoms with Gasteiger partial charge in [-0.1, -0.05) is 60.7 Å². The van der Waals surface area contributed by atoms with Gasteiger partial charge in [0.05, 0.1) is 0 Å². The second kappa shape index (κ2) is 6.89. The largest absolute Gasteiger partial charge is 0.504 e. The van der Waals surface area contributed by atoms with E-state index in [0.717, 1.165) is 6.08 Å². The van der Waals surface area contributed by atoms with Crippen LogP contribution in [-0.2, 0) is 20.1 Å². The van der Waals surface area contributed by atoms with E-state index in [0.29, 0.717) is 0 Å². The Bertz CT molecular complexity index is 974. The summed E-state index contributed by atoms with van der Waals surface area (Å²) in [7, 11) is 0. The number of rotatable bonds is 5. The first-order chi connectivity index (χ1) is 12.8. The van der Waals surface area contributed by atoms with Crippen LogP contribution >= 0.6 is 0 Å². The summed E-state index contributed by atoms with van der Waals surface area (Å²) in [4.78, 5) is 36.1. The van der Waals surface area contributed by atoms with Crippen LogP contribution in [0.15, 0.2) is 83.8 Å². The molecule has 3 rings (SSSR count). The molecule has 1 aliphatic rings. The quantitative estimate of drug-likeness (QED) is 0.244. The molecular formula is C20H14O7. The van der Waals surface area contributed by atoms with Crippen LogP contribution in [0.25, 0.3) is 0 Å². The Labute approximate surface area is 153 Å².